The van der Waals surface area contributed by atoms with Gasteiger partial charge in [0.15, 0.2) is 0 Å². The molecule has 0 unspecified atom stereocenters. The fourth-order valence-electron chi connectivity index (χ4n) is 4.20. The van der Waals surface area contributed by atoms with Gasteiger partial charge in [-0.05, 0) is 19.4 Å². The molecule has 0 radical (unpaired) electrons. The van der Waals surface area contributed by atoms with Crippen molar-refractivity contribution in [3.8, 4) is 0 Å². The van der Waals surface area contributed by atoms with E-state index in [2.05, 4.69) is 25.1 Å². The first-order valence-electron chi connectivity index (χ1n) is 9.60. The third-order valence-corrected chi connectivity index (χ3v) is 5.78. The number of nitrogens with one attached hydrogen (secondary N) is 1. The van der Waals surface area contributed by atoms with E-state index in [4.69, 9.17) is 0 Å². The molecule has 148 valence electrons. The molecule has 1 N–H and O–H groups in total. The van der Waals surface area contributed by atoms with Gasteiger partial charge in [-0.1, -0.05) is 0 Å². The van der Waals surface area contributed by atoms with Crippen LogP contribution in [0.5, 0.6) is 0 Å². The molecule has 27 heavy (non-hydrogen) atoms. The predicted molar refractivity (Wildman–Crippen MR) is 96.9 cm³/mol. The minimum Gasteiger partial charge on any atom is -0.338 e. The molecular formula is C18H26F2N6O. The van der Waals surface area contributed by atoms with Crippen molar-refractivity contribution in [1.29, 1.82) is 0 Å². The van der Waals surface area contributed by atoms with Crippen LogP contribution in [0.3, 0.4) is 0 Å². The second kappa shape index (κ2) is 7.27. The van der Waals surface area contributed by atoms with Crippen LogP contribution in [0.15, 0.2) is 12.3 Å². The molecule has 4 rings (SSSR count). The number of halogens is 2. The van der Waals surface area contributed by atoms with Crippen molar-refractivity contribution in [2.24, 2.45) is 0 Å². The van der Waals surface area contributed by atoms with Crippen molar-refractivity contribution in [1.82, 2.24) is 25.1 Å². The van der Waals surface area contributed by atoms with E-state index in [0.29, 0.717) is 6.42 Å². The molecule has 0 aliphatic carbocycles. The van der Waals surface area contributed by atoms with Crippen LogP contribution < -0.4 is 10.2 Å². The number of hydrogen-bond donors (Lipinski definition) is 1. The maximum Gasteiger partial charge on any atom is 0.267 e. The predicted octanol–water partition coefficient (Wildman–Crippen LogP) is 0.505. The fourth-order valence-corrected chi connectivity index (χ4v) is 4.20. The van der Waals surface area contributed by atoms with Crippen LogP contribution in [-0.2, 0) is 4.79 Å². The van der Waals surface area contributed by atoms with Gasteiger partial charge in [0.05, 0.1) is 12.6 Å². The number of aromatic nitrogens is 2. The number of carbonyl (C=O) groups is 1. The lowest BCUT2D eigenvalue weighted by Crippen LogP contribution is -2.51. The van der Waals surface area contributed by atoms with Crippen LogP contribution in [0, 0.1) is 6.92 Å². The first kappa shape index (κ1) is 18.5. The van der Waals surface area contributed by atoms with Crippen LogP contribution in [0.4, 0.5) is 14.7 Å². The van der Waals surface area contributed by atoms with Gasteiger partial charge in [0, 0.05) is 63.6 Å². The van der Waals surface area contributed by atoms with Crippen LogP contribution in [0.1, 0.15) is 18.5 Å². The Morgan fingerprint density at radius 1 is 1.26 bits per heavy atom. The summed E-state index contributed by atoms with van der Waals surface area (Å²) in [6.07, 6.45) is 2.24. The van der Waals surface area contributed by atoms with Gasteiger partial charge in [-0.15, -0.1) is 0 Å². The van der Waals surface area contributed by atoms with Gasteiger partial charge in [0.1, 0.15) is 0 Å². The highest BCUT2D eigenvalue weighted by molar-refractivity contribution is 5.82. The van der Waals surface area contributed by atoms with Gasteiger partial charge < -0.3 is 15.1 Å². The molecule has 4 heterocycles. The second-order valence-corrected chi connectivity index (χ2v) is 7.74. The molecule has 1 aromatic heterocycles. The van der Waals surface area contributed by atoms with Crippen LogP contribution in [-0.4, -0.2) is 89.5 Å². The summed E-state index contributed by atoms with van der Waals surface area (Å²) in [6.45, 7) is 5.85. The molecule has 3 saturated heterocycles. The molecule has 9 heteroatoms. The summed E-state index contributed by atoms with van der Waals surface area (Å²) in [5.41, 5.74) is 0.955. The Morgan fingerprint density at radius 3 is 2.70 bits per heavy atom. The van der Waals surface area contributed by atoms with E-state index in [1.807, 2.05) is 13.0 Å². The average Bonchev–Trinajstić information content (AvgIpc) is 3.28. The summed E-state index contributed by atoms with van der Waals surface area (Å²) in [4.78, 5) is 27.2. The van der Waals surface area contributed by atoms with Gasteiger partial charge in [0.25, 0.3) is 5.92 Å². The Morgan fingerprint density at radius 2 is 2.04 bits per heavy atom. The number of alkyl halides is 2. The quantitative estimate of drug-likeness (QED) is 0.824. The lowest BCUT2D eigenvalue weighted by atomic mass is 10.1. The molecular weight excluding hydrogens is 354 g/mol. The zero-order valence-corrected chi connectivity index (χ0v) is 15.6. The lowest BCUT2D eigenvalue weighted by Gasteiger charge is -2.37. The average molecular weight is 380 g/mol. The molecule has 2 atom stereocenters. The van der Waals surface area contributed by atoms with Gasteiger partial charge in [-0.25, -0.2) is 18.7 Å². The number of anilines is 1. The zero-order chi connectivity index (χ0) is 19.0. The van der Waals surface area contributed by atoms with E-state index in [-0.39, 0.29) is 31.0 Å². The summed E-state index contributed by atoms with van der Waals surface area (Å²) in [7, 11) is 0. The van der Waals surface area contributed by atoms with Crippen molar-refractivity contribution in [2.75, 3.05) is 50.7 Å². The molecule has 0 spiro atoms. The van der Waals surface area contributed by atoms with E-state index in [1.54, 1.807) is 6.20 Å². The first-order chi connectivity index (χ1) is 12.9. The largest absolute Gasteiger partial charge is 0.338 e. The van der Waals surface area contributed by atoms with Gasteiger partial charge in [-0.3, -0.25) is 9.69 Å². The minimum atomic E-state index is -2.73. The van der Waals surface area contributed by atoms with E-state index in [0.717, 1.165) is 44.4 Å². The number of piperazine rings is 1. The van der Waals surface area contributed by atoms with E-state index < -0.39 is 12.5 Å². The van der Waals surface area contributed by atoms with E-state index >= 15 is 0 Å². The number of hydrogen-bond acceptors (Lipinski definition) is 6. The van der Waals surface area contributed by atoms with Crippen molar-refractivity contribution >= 4 is 11.9 Å². The molecule has 0 bridgehead atoms. The SMILES string of the molecule is Cc1ccnc(N2CCN([C@@H]3CN[C@H](C(=O)N4CCC(F)(F)C4)C3)CC2)n1. The zero-order valence-electron chi connectivity index (χ0n) is 15.6. The van der Waals surface area contributed by atoms with Crippen LogP contribution in [0.2, 0.25) is 0 Å². The Kier molecular flexibility index (Phi) is 4.98. The first-order valence-corrected chi connectivity index (χ1v) is 9.60. The van der Waals surface area contributed by atoms with Crippen molar-refractivity contribution in [3.63, 3.8) is 0 Å². The molecule has 0 aromatic carbocycles. The number of aryl methyl sites for hydroxylation is 1. The van der Waals surface area contributed by atoms with E-state index in [9.17, 15) is 13.6 Å². The van der Waals surface area contributed by atoms with Crippen LogP contribution >= 0.6 is 0 Å². The number of amides is 1. The molecule has 3 aliphatic rings. The van der Waals surface area contributed by atoms with Gasteiger partial charge in [-0.2, -0.15) is 0 Å². The smallest absolute Gasteiger partial charge is 0.267 e. The number of rotatable bonds is 3. The Balaban J connectivity index is 1.28. The van der Waals surface area contributed by atoms with Crippen LogP contribution in [0.25, 0.3) is 0 Å². The summed E-state index contributed by atoms with van der Waals surface area (Å²) >= 11 is 0. The summed E-state index contributed by atoms with van der Waals surface area (Å²) in [5, 5.41) is 3.24. The third-order valence-electron chi connectivity index (χ3n) is 5.78. The Bertz CT molecular complexity index is 694. The highest BCUT2D eigenvalue weighted by Gasteiger charge is 2.43. The third kappa shape index (κ3) is 4.03. The minimum absolute atomic E-state index is 0.157. The molecule has 1 aromatic rings. The Hall–Kier alpha value is -1.87. The van der Waals surface area contributed by atoms with Gasteiger partial charge in [0.2, 0.25) is 11.9 Å². The van der Waals surface area contributed by atoms with Crippen molar-refractivity contribution in [3.05, 3.63) is 18.0 Å². The fraction of sp³-hybridized carbons (Fsp3) is 0.722. The maximum absolute atomic E-state index is 13.4. The molecule has 7 nitrogen and oxygen atoms in total. The molecule has 0 saturated carbocycles. The maximum atomic E-state index is 13.4. The topological polar surface area (TPSA) is 64.6 Å². The summed E-state index contributed by atoms with van der Waals surface area (Å²) < 4.78 is 26.7. The van der Waals surface area contributed by atoms with Crippen molar-refractivity contribution in [2.45, 2.75) is 37.8 Å². The molecule has 1 amide bonds. The van der Waals surface area contributed by atoms with E-state index in [1.165, 1.54) is 4.90 Å². The standard InChI is InChI=1S/C18H26F2N6O/c1-13-2-4-21-17(23-13)25-8-6-24(7-9-25)14-10-15(22-11-14)16(27)26-5-3-18(19,20)12-26/h2,4,14-15,22H,3,5-12H2,1H3/t14-,15-/m0/s1. The Labute approximate surface area is 157 Å². The number of likely N-dealkylation sites (tertiary alicyclic amines) is 1. The summed E-state index contributed by atoms with van der Waals surface area (Å²) in [6, 6.07) is 1.81. The molecule has 3 aliphatic heterocycles. The number of nitrogens with zero attached hydrogens (tertiary/aromatic N) is 5. The monoisotopic (exact) mass is 380 g/mol. The van der Waals surface area contributed by atoms with Crippen molar-refractivity contribution < 1.29 is 13.6 Å². The normalized spacial score (nSPS) is 28.7. The highest BCUT2D eigenvalue weighted by atomic mass is 19.3. The number of carbonyl (C=O) groups excluding carboxylic acids is 1. The second-order valence-electron chi connectivity index (χ2n) is 7.74. The lowest BCUT2D eigenvalue weighted by molar-refractivity contribution is -0.133. The highest BCUT2D eigenvalue weighted by Crippen LogP contribution is 2.28. The van der Waals surface area contributed by atoms with Gasteiger partial charge >= 0.3 is 0 Å². The summed E-state index contributed by atoms with van der Waals surface area (Å²) in [5.74, 6) is -2.15. The molecule has 3 fully saturated rings.